The molecule has 0 radical (unpaired) electrons. The average Bonchev–Trinajstić information content (AvgIpc) is 3.88. The highest BCUT2D eigenvalue weighted by Crippen LogP contribution is 2.40. The van der Waals surface area contributed by atoms with E-state index in [2.05, 4.69) is 47.3 Å². The van der Waals surface area contributed by atoms with Crippen LogP contribution < -0.4 is 26.2 Å². The van der Waals surface area contributed by atoms with Gasteiger partial charge in [-0.05, 0) is 74.9 Å². The minimum atomic E-state index is -0.612. The Labute approximate surface area is 251 Å². The molecule has 3 fully saturated rings. The molecule has 3 aromatic rings. The molecule has 0 bridgehead atoms. The van der Waals surface area contributed by atoms with Crippen LogP contribution in [0.2, 0.25) is 0 Å². The van der Waals surface area contributed by atoms with Gasteiger partial charge < -0.3 is 31.1 Å². The lowest BCUT2D eigenvalue weighted by molar-refractivity contribution is 0.0957. The summed E-state index contributed by atoms with van der Waals surface area (Å²) in [5, 5.41) is 5.54. The number of primary amides is 1. The van der Waals surface area contributed by atoms with Gasteiger partial charge in [-0.1, -0.05) is 6.07 Å². The number of nitrogens with zero attached hydrogens (tertiary/aromatic N) is 6. The van der Waals surface area contributed by atoms with Crippen molar-refractivity contribution in [2.24, 2.45) is 5.73 Å². The summed E-state index contributed by atoms with van der Waals surface area (Å²) >= 11 is 0. The lowest BCUT2D eigenvalue weighted by Gasteiger charge is -2.33. The molecular weight excluding hydrogens is 549 g/mol. The maximum Gasteiger partial charge on any atom is 0.271 e. The molecule has 4 N–H and O–H groups in total. The Morgan fingerprint density at radius 3 is 2.28 bits per heavy atom. The molecule has 3 aliphatic rings. The summed E-state index contributed by atoms with van der Waals surface area (Å²) in [6.45, 7) is 5.95. The molecule has 0 unspecified atom stereocenters. The summed E-state index contributed by atoms with van der Waals surface area (Å²) in [7, 11) is 3.63. The maximum absolute atomic E-state index is 13.4. The monoisotopic (exact) mass is 589 g/mol. The van der Waals surface area contributed by atoms with E-state index in [1.807, 2.05) is 24.4 Å². The van der Waals surface area contributed by atoms with Crippen molar-refractivity contribution >= 4 is 35.0 Å². The molecule has 11 nitrogen and oxygen atoms in total. The van der Waals surface area contributed by atoms with Crippen LogP contribution in [0.5, 0.6) is 0 Å². The van der Waals surface area contributed by atoms with Crippen molar-refractivity contribution in [2.45, 2.75) is 38.0 Å². The van der Waals surface area contributed by atoms with Crippen LogP contribution in [-0.4, -0.2) is 85.0 Å². The molecule has 12 heteroatoms. The first-order valence-corrected chi connectivity index (χ1v) is 14.9. The van der Waals surface area contributed by atoms with Gasteiger partial charge >= 0.3 is 0 Å². The quantitative estimate of drug-likeness (QED) is 0.379. The molecule has 4 heterocycles. The smallest absolute Gasteiger partial charge is 0.271 e. The molecular formula is C31H40FN9O2. The zero-order valence-electron chi connectivity index (χ0n) is 24.9. The van der Waals surface area contributed by atoms with Gasteiger partial charge in [0, 0.05) is 46.3 Å². The maximum atomic E-state index is 13.4. The van der Waals surface area contributed by atoms with Gasteiger partial charge in [0.2, 0.25) is 0 Å². The van der Waals surface area contributed by atoms with E-state index in [1.54, 1.807) is 12.3 Å². The Kier molecular flexibility index (Phi) is 9.65. The molecule has 2 aromatic heterocycles. The van der Waals surface area contributed by atoms with Crippen LogP contribution in [0, 0.1) is 5.82 Å². The van der Waals surface area contributed by atoms with Crippen LogP contribution in [0.3, 0.4) is 0 Å². The topological polar surface area (TPSA) is 133 Å². The largest absolute Gasteiger partial charge is 0.368 e. The Morgan fingerprint density at radius 1 is 0.930 bits per heavy atom. The van der Waals surface area contributed by atoms with Crippen molar-refractivity contribution in [1.82, 2.24) is 25.2 Å². The summed E-state index contributed by atoms with van der Waals surface area (Å²) in [5.74, 6) is 0.822. The number of pyridine rings is 1. The van der Waals surface area contributed by atoms with E-state index in [0.29, 0.717) is 17.6 Å². The number of nitrogens with one attached hydrogen (secondary N) is 2. The SMILES string of the molecule is CN1CCN(c2ccc(Nc3nc(N4CCCCC4)cnc3C(N)=O)nc2)CC1.CNC(=O)c1ccc(C2CC2)cc1F. The average molecular weight is 590 g/mol. The number of piperidine rings is 1. The van der Waals surface area contributed by atoms with Crippen molar-refractivity contribution in [3.8, 4) is 0 Å². The fourth-order valence-electron chi connectivity index (χ4n) is 5.28. The molecule has 228 valence electrons. The summed E-state index contributed by atoms with van der Waals surface area (Å²) in [5.41, 5.74) is 7.85. The van der Waals surface area contributed by atoms with E-state index < -0.39 is 11.7 Å². The van der Waals surface area contributed by atoms with E-state index in [0.717, 1.165) is 82.0 Å². The Morgan fingerprint density at radius 2 is 1.67 bits per heavy atom. The second kappa shape index (κ2) is 13.8. The second-order valence-corrected chi connectivity index (χ2v) is 11.2. The van der Waals surface area contributed by atoms with E-state index in [1.165, 1.54) is 19.5 Å². The number of carbonyl (C=O) groups excluding carboxylic acids is 2. The van der Waals surface area contributed by atoms with Gasteiger partial charge in [0.15, 0.2) is 11.5 Å². The van der Waals surface area contributed by atoms with Crippen LogP contribution in [0.1, 0.15) is 64.4 Å². The van der Waals surface area contributed by atoms with E-state index in [-0.39, 0.29) is 17.2 Å². The molecule has 1 aliphatic carbocycles. The van der Waals surface area contributed by atoms with Crippen LogP contribution in [0.4, 0.5) is 27.5 Å². The molecule has 2 amide bonds. The number of likely N-dealkylation sites (N-methyl/N-ethyl adjacent to an activating group) is 1. The number of anilines is 4. The summed E-state index contributed by atoms with van der Waals surface area (Å²) in [6.07, 6.45) is 9.25. The molecule has 2 aliphatic heterocycles. The summed E-state index contributed by atoms with van der Waals surface area (Å²) < 4.78 is 13.4. The number of rotatable bonds is 7. The first kappa shape index (κ1) is 30.1. The fourth-order valence-corrected chi connectivity index (χ4v) is 5.28. The number of nitrogens with two attached hydrogens (primary N) is 1. The van der Waals surface area contributed by atoms with Gasteiger partial charge in [-0.15, -0.1) is 0 Å². The number of piperazine rings is 1. The van der Waals surface area contributed by atoms with Gasteiger partial charge in [0.25, 0.3) is 11.8 Å². The van der Waals surface area contributed by atoms with Crippen LogP contribution in [0.15, 0.2) is 42.7 Å². The zero-order valence-corrected chi connectivity index (χ0v) is 24.9. The van der Waals surface area contributed by atoms with Gasteiger partial charge in [-0.3, -0.25) is 9.59 Å². The number of hydrogen-bond acceptors (Lipinski definition) is 9. The number of amides is 2. The Hall–Kier alpha value is -4.32. The Balaban J connectivity index is 0.000000220. The first-order valence-electron chi connectivity index (χ1n) is 14.9. The third-order valence-corrected chi connectivity index (χ3v) is 8.05. The third kappa shape index (κ3) is 7.75. The van der Waals surface area contributed by atoms with Crippen LogP contribution >= 0.6 is 0 Å². The van der Waals surface area contributed by atoms with Gasteiger partial charge in [0.1, 0.15) is 17.5 Å². The molecule has 43 heavy (non-hydrogen) atoms. The van der Waals surface area contributed by atoms with Crippen molar-refractivity contribution in [3.63, 3.8) is 0 Å². The number of halogens is 1. The number of hydrogen-bond donors (Lipinski definition) is 3. The standard InChI is InChI=1S/C20H28N8O.C11H12FNO/c1-26-9-11-27(12-10-26)15-5-6-16(22-13-15)24-20-18(19(21)29)23-14-17(25-20)28-7-3-2-4-8-28;1-13-11(14)9-5-4-8(6-10(9)12)7-2-3-7/h5-6,13-14H,2-4,7-12H2,1H3,(H2,21,29)(H,22,24,25);4-7H,2-3H2,1H3,(H,13,14). The van der Waals surface area contributed by atoms with Gasteiger partial charge in [-0.25, -0.2) is 19.3 Å². The van der Waals surface area contributed by atoms with E-state index >= 15 is 0 Å². The third-order valence-electron chi connectivity index (χ3n) is 8.05. The molecule has 2 saturated heterocycles. The number of carbonyl (C=O) groups is 2. The predicted molar refractivity (Wildman–Crippen MR) is 166 cm³/mol. The van der Waals surface area contributed by atoms with Crippen LogP contribution in [-0.2, 0) is 0 Å². The lowest BCUT2D eigenvalue weighted by Crippen LogP contribution is -2.44. The zero-order chi connectivity index (χ0) is 30.3. The van der Waals surface area contributed by atoms with Crippen molar-refractivity contribution in [3.05, 3.63) is 65.4 Å². The lowest BCUT2D eigenvalue weighted by atomic mass is 10.1. The summed E-state index contributed by atoms with van der Waals surface area (Å²) in [4.78, 5) is 43.2. The van der Waals surface area contributed by atoms with E-state index in [4.69, 9.17) is 5.73 Å². The van der Waals surface area contributed by atoms with E-state index in [9.17, 15) is 14.0 Å². The minimum Gasteiger partial charge on any atom is -0.368 e. The minimum absolute atomic E-state index is 0.121. The van der Waals surface area contributed by atoms with Crippen LogP contribution in [0.25, 0.3) is 0 Å². The number of benzene rings is 1. The molecule has 1 saturated carbocycles. The highest BCUT2D eigenvalue weighted by atomic mass is 19.1. The van der Waals surface area contributed by atoms with Crippen molar-refractivity contribution < 1.29 is 14.0 Å². The second-order valence-electron chi connectivity index (χ2n) is 11.2. The van der Waals surface area contributed by atoms with Gasteiger partial charge in [0.05, 0.1) is 23.6 Å². The molecule has 6 rings (SSSR count). The normalized spacial score (nSPS) is 17.1. The molecule has 0 spiro atoms. The van der Waals surface area contributed by atoms with Crippen molar-refractivity contribution in [2.75, 3.05) is 68.5 Å². The highest BCUT2D eigenvalue weighted by Gasteiger charge is 2.25. The first-order chi connectivity index (χ1) is 20.8. The molecule has 0 atom stereocenters. The van der Waals surface area contributed by atoms with Crippen molar-refractivity contribution in [1.29, 1.82) is 0 Å². The summed E-state index contributed by atoms with van der Waals surface area (Å²) in [6, 6.07) is 8.80. The van der Waals surface area contributed by atoms with Gasteiger partial charge in [-0.2, -0.15) is 0 Å². The Bertz CT molecular complexity index is 1420. The molecule has 1 aromatic carbocycles. The fraction of sp³-hybridized carbons (Fsp3) is 0.452. The highest BCUT2D eigenvalue weighted by molar-refractivity contribution is 5.96. The predicted octanol–water partition coefficient (Wildman–Crippen LogP) is 3.52. The number of aromatic nitrogens is 3.